The van der Waals surface area contributed by atoms with Crippen molar-refractivity contribution in [3.63, 3.8) is 0 Å². The third-order valence-electron chi connectivity index (χ3n) is 9.96. The molecule has 0 spiro atoms. The second-order valence-electron chi connectivity index (χ2n) is 11.7. The fourth-order valence-electron chi connectivity index (χ4n) is 8.37. The molecule has 0 amide bonds. The predicted molar refractivity (Wildman–Crippen MR) is 116 cm³/mol. The Morgan fingerprint density at radius 1 is 1.04 bits per heavy atom. The first-order chi connectivity index (χ1) is 12.9. The van der Waals surface area contributed by atoms with E-state index in [0.29, 0.717) is 10.8 Å². The lowest BCUT2D eigenvalue weighted by Gasteiger charge is -2.58. The van der Waals surface area contributed by atoms with Crippen LogP contribution >= 0.6 is 0 Å². The van der Waals surface area contributed by atoms with Gasteiger partial charge >= 0.3 is 0 Å². The highest BCUT2D eigenvalue weighted by Crippen LogP contribution is 2.67. The summed E-state index contributed by atoms with van der Waals surface area (Å²) in [5, 5.41) is 0. The average Bonchev–Trinajstić information content (AvgIpc) is 2.98. The van der Waals surface area contributed by atoms with Gasteiger partial charge in [-0.1, -0.05) is 65.5 Å². The van der Waals surface area contributed by atoms with Crippen molar-refractivity contribution < 1.29 is 0 Å². The van der Waals surface area contributed by atoms with Crippen LogP contribution in [0, 0.1) is 52.8 Å². The second-order valence-corrected chi connectivity index (χ2v) is 11.7. The Kier molecular flexibility index (Phi) is 5.59. The Balaban J connectivity index is 1.49. The van der Waals surface area contributed by atoms with Gasteiger partial charge in [-0.15, -0.1) is 0 Å². The van der Waals surface area contributed by atoms with Gasteiger partial charge in [0.1, 0.15) is 0 Å². The fraction of sp³-hybridized carbons (Fsp3) is 0.889. The van der Waals surface area contributed by atoms with E-state index in [4.69, 9.17) is 0 Å². The summed E-state index contributed by atoms with van der Waals surface area (Å²) in [6.45, 7) is 12.7. The molecule has 0 aromatic heterocycles. The normalized spacial score (nSPS) is 45.0. The molecule has 2 radical (unpaired) electrons. The van der Waals surface area contributed by atoms with Crippen LogP contribution < -0.4 is 0 Å². The Hall–Kier alpha value is -0.260. The Bertz CT molecular complexity index is 556. The van der Waals surface area contributed by atoms with Crippen molar-refractivity contribution in [2.24, 2.45) is 46.3 Å². The third kappa shape index (κ3) is 3.36. The molecule has 4 rings (SSSR count). The van der Waals surface area contributed by atoms with E-state index in [0.717, 1.165) is 41.9 Å². The molecular weight excluding hydrogens is 324 g/mol. The number of allylic oxidation sites excluding steroid dienone is 2. The first-order valence-corrected chi connectivity index (χ1v) is 12.3. The Labute approximate surface area is 170 Å². The maximum absolute atomic E-state index is 3.64. The van der Waals surface area contributed by atoms with Gasteiger partial charge in [-0.05, 0) is 104 Å². The van der Waals surface area contributed by atoms with E-state index in [-0.39, 0.29) is 0 Å². The lowest BCUT2D eigenvalue weighted by atomic mass is 9.47. The van der Waals surface area contributed by atoms with Crippen LogP contribution in [0.3, 0.4) is 0 Å². The fourth-order valence-corrected chi connectivity index (χ4v) is 8.37. The number of fused-ring (bicyclic) bond motifs is 5. The van der Waals surface area contributed by atoms with Gasteiger partial charge in [-0.2, -0.15) is 0 Å². The highest BCUT2D eigenvalue weighted by atomic mass is 14.6. The van der Waals surface area contributed by atoms with Crippen molar-refractivity contribution >= 4 is 0 Å². The lowest BCUT2D eigenvalue weighted by molar-refractivity contribution is -0.0483. The summed E-state index contributed by atoms with van der Waals surface area (Å²) in [6.07, 6.45) is 21.8. The van der Waals surface area contributed by atoms with Crippen molar-refractivity contribution in [3.05, 3.63) is 18.1 Å². The SMILES string of the molecule is CC(C)CCCC(C)C1CCC2C3CC=C4C[C]CCC4(C)C3CCC12C. The topological polar surface area (TPSA) is 0 Å². The van der Waals surface area contributed by atoms with E-state index >= 15 is 0 Å². The van der Waals surface area contributed by atoms with Gasteiger partial charge in [0.25, 0.3) is 0 Å². The molecule has 0 saturated heterocycles. The smallest absolute Gasteiger partial charge is 0.00849 e. The van der Waals surface area contributed by atoms with Crippen LogP contribution in [-0.2, 0) is 0 Å². The van der Waals surface area contributed by atoms with Gasteiger partial charge in [0.05, 0.1) is 0 Å². The van der Waals surface area contributed by atoms with Crippen LogP contribution in [0.2, 0.25) is 0 Å². The van der Waals surface area contributed by atoms with Gasteiger partial charge in [-0.3, -0.25) is 0 Å². The molecule has 27 heavy (non-hydrogen) atoms. The molecule has 3 fully saturated rings. The van der Waals surface area contributed by atoms with Gasteiger partial charge in [-0.25, -0.2) is 0 Å². The van der Waals surface area contributed by atoms with Crippen LogP contribution in [0.1, 0.15) is 105 Å². The number of rotatable bonds is 5. The van der Waals surface area contributed by atoms with Gasteiger partial charge in [0.15, 0.2) is 0 Å². The molecule has 0 N–H and O–H groups in total. The predicted octanol–water partition coefficient (Wildman–Crippen LogP) is 8.11. The third-order valence-corrected chi connectivity index (χ3v) is 9.96. The van der Waals surface area contributed by atoms with E-state index in [1.807, 2.05) is 0 Å². The zero-order chi connectivity index (χ0) is 19.2. The van der Waals surface area contributed by atoms with Crippen LogP contribution in [0.5, 0.6) is 0 Å². The van der Waals surface area contributed by atoms with Crippen LogP contribution in [-0.4, -0.2) is 0 Å². The van der Waals surface area contributed by atoms with Crippen molar-refractivity contribution in [1.29, 1.82) is 0 Å². The van der Waals surface area contributed by atoms with Gasteiger partial charge in [0, 0.05) is 0 Å². The van der Waals surface area contributed by atoms with E-state index in [9.17, 15) is 0 Å². The molecule has 0 heterocycles. The molecule has 4 aliphatic carbocycles. The van der Waals surface area contributed by atoms with Gasteiger partial charge in [0.2, 0.25) is 0 Å². The standard InChI is InChI=1S/C27H44/c1-19(2)9-8-10-20(3)23-14-15-24-22-13-12-21-11-6-7-17-26(21,4)25(22)16-18-27(23,24)5/h12,19-20,22-25H,7-11,13-18H2,1-5H3. The van der Waals surface area contributed by atoms with Crippen molar-refractivity contribution in [1.82, 2.24) is 0 Å². The molecule has 0 heteroatoms. The molecule has 0 bridgehead atoms. The lowest BCUT2D eigenvalue weighted by Crippen LogP contribution is -2.50. The van der Waals surface area contributed by atoms with E-state index < -0.39 is 0 Å². The summed E-state index contributed by atoms with van der Waals surface area (Å²) in [5.41, 5.74) is 2.90. The summed E-state index contributed by atoms with van der Waals surface area (Å²) < 4.78 is 0. The van der Waals surface area contributed by atoms with Crippen molar-refractivity contribution in [2.75, 3.05) is 0 Å². The minimum atomic E-state index is 0.510. The highest BCUT2D eigenvalue weighted by molar-refractivity contribution is 5.26. The first kappa shape index (κ1) is 20.0. The number of hydrogen-bond acceptors (Lipinski definition) is 0. The zero-order valence-corrected chi connectivity index (χ0v) is 18.8. The highest BCUT2D eigenvalue weighted by Gasteiger charge is 2.58. The molecule has 7 unspecified atom stereocenters. The Morgan fingerprint density at radius 3 is 2.63 bits per heavy atom. The zero-order valence-electron chi connectivity index (χ0n) is 18.8. The summed E-state index contributed by atoms with van der Waals surface area (Å²) in [5.74, 6) is 5.73. The van der Waals surface area contributed by atoms with Gasteiger partial charge < -0.3 is 0 Å². The maximum atomic E-state index is 3.64. The van der Waals surface area contributed by atoms with Crippen LogP contribution in [0.4, 0.5) is 0 Å². The minimum absolute atomic E-state index is 0.510. The quantitative estimate of drug-likeness (QED) is 0.430. The van der Waals surface area contributed by atoms with Crippen LogP contribution in [0.25, 0.3) is 0 Å². The second kappa shape index (κ2) is 7.53. The van der Waals surface area contributed by atoms with Crippen molar-refractivity contribution in [3.8, 4) is 0 Å². The molecule has 7 atom stereocenters. The summed E-state index contributed by atoms with van der Waals surface area (Å²) >= 11 is 0. The summed E-state index contributed by atoms with van der Waals surface area (Å²) in [7, 11) is 0. The minimum Gasteiger partial charge on any atom is -0.0845 e. The van der Waals surface area contributed by atoms with Crippen LogP contribution in [0.15, 0.2) is 11.6 Å². The summed E-state index contributed by atoms with van der Waals surface area (Å²) in [4.78, 5) is 0. The molecule has 0 aromatic carbocycles. The van der Waals surface area contributed by atoms with E-state index in [1.54, 1.807) is 5.57 Å². The monoisotopic (exact) mass is 368 g/mol. The maximum Gasteiger partial charge on any atom is -0.00849 e. The summed E-state index contributed by atoms with van der Waals surface area (Å²) in [6, 6.07) is 0. The molecule has 0 aromatic rings. The van der Waals surface area contributed by atoms with Crippen molar-refractivity contribution in [2.45, 2.75) is 105 Å². The molecule has 3 saturated carbocycles. The average molecular weight is 369 g/mol. The van der Waals surface area contributed by atoms with E-state index in [1.165, 1.54) is 64.2 Å². The molecule has 0 nitrogen and oxygen atoms in total. The number of hydrogen-bond donors (Lipinski definition) is 0. The Morgan fingerprint density at radius 2 is 1.85 bits per heavy atom. The van der Waals surface area contributed by atoms with E-state index in [2.05, 4.69) is 47.1 Å². The molecular formula is C27H44. The molecule has 0 aliphatic heterocycles. The largest absolute Gasteiger partial charge is 0.0845 e. The first-order valence-electron chi connectivity index (χ1n) is 12.3. The molecule has 152 valence electrons. The molecule has 4 aliphatic rings.